The molecule has 122 valence electrons. The molecule has 1 fully saturated rings. The Morgan fingerprint density at radius 3 is 2.17 bits per heavy atom. The summed E-state index contributed by atoms with van der Waals surface area (Å²) in [5, 5.41) is 0. The smallest absolute Gasteiger partial charge is 0.270 e. The Balaban J connectivity index is 1.82. The number of carbonyl (C=O) groups is 2. The van der Waals surface area contributed by atoms with Crippen LogP contribution in [0.3, 0.4) is 0 Å². The Labute approximate surface area is 135 Å². The van der Waals surface area contributed by atoms with Crippen LogP contribution in [0.15, 0.2) is 36.7 Å². The van der Waals surface area contributed by atoms with E-state index in [9.17, 15) is 9.59 Å². The van der Waals surface area contributed by atoms with Crippen LogP contribution in [0.2, 0.25) is 0 Å². The molecule has 2 aromatic rings. The summed E-state index contributed by atoms with van der Waals surface area (Å²) in [6.07, 6.45) is 3.49. The van der Waals surface area contributed by atoms with Crippen molar-refractivity contribution in [2.24, 2.45) is 0 Å². The molecule has 2 N–H and O–H groups in total. The maximum Gasteiger partial charge on any atom is 0.270 e. The van der Waals surface area contributed by atoms with E-state index in [4.69, 9.17) is 0 Å². The van der Waals surface area contributed by atoms with E-state index >= 15 is 0 Å². The number of H-pyrrole nitrogens is 2. The van der Waals surface area contributed by atoms with Gasteiger partial charge in [0.25, 0.3) is 11.8 Å². The van der Waals surface area contributed by atoms with E-state index in [0.717, 1.165) is 0 Å². The van der Waals surface area contributed by atoms with E-state index in [-0.39, 0.29) is 17.9 Å². The van der Waals surface area contributed by atoms with Gasteiger partial charge in [-0.3, -0.25) is 9.59 Å². The fourth-order valence-electron chi connectivity index (χ4n) is 3.12. The maximum absolute atomic E-state index is 12.7. The topological polar surface area (TPSA) is 72.2 Å². The first-order chi connectivity index (χ1) is 10.9. The molecule has 0 saturated carbocycles. The summed E-state index contributed by atoms with van der Waals surface area (Å²) in [7, 11) is 0. The van der Waals surface area contributed by atoms with Gasteiger partial charge in [0.15, 0.2) is 0 Å². The summed E-state index contributed by atoms with van der Waals surface area (Å²) < 4.78 is 0. The number of piperazine rings is 1. The molecule has 0 radical (unpaired) electrons. The summed E-state index contributed by atoms with van der Waals surface area (Å²) in [6, 6.07) is 7.14. The molecule has 0 aliphatic carbocycles. The lowest BCUT2D eigenvalue weighted by Gasteiger charge is -2.50. The highest BCUT2D eigenvalue weighted by Gasteiger charge is 2.42. The summed E-state index contributed by atoms with van der Waals surface area (Å²) in [5.74, 6) is -0.0543. The Bertz CT molecular complexity index is 688. The SMILES string of the molecule is CC1CN(C(=O)c2ccc[nH]2)C(C)(C)CN1C(=O)c1ccc[nH]1. The number of nitrogens with zero attached hydrogens (tertiary/aromatic N) is 2. The fourth-order valence-corrected chi connectivity index (χ4v) is 3.12. The van der Waals surface area contributed by atoms with Crippen LogP contribution in [-0.4, -0.2) is 56.3 Å². The molecule has 0 bridgehead atoms. The molecule has 2 aromatic heterocycles. The van der Waals surface area contributed by atoms with Gasteiger partial charge in [0, 0.05) is 31.5 Å². The predicted octanol–water partition coefficient (Wildman–Crippen LogP) is 2.11. The monoisotopic (exact) mass is 314 g/mol. The molecule has 1 saturated heterocycles. The van der Waals surface area contributed by atoms with Crippen LogP contribution >= 0.6 is 0 Å². The summed E-state index contributed by atoms with van der Waals surface area (Å²) >= 11 is 0. The molecule has 1 aliphatic rings. The van der Waals surface area contributed by atoms with Crippen LogP contribution in [0.1, 0.15) is 41.7 Å². The number of rotatable bonds is 2. The number of hydrogen-bond acceptors (Lipinski definition) is 2. The van der Waals surface area contributed by atoms with Gasteiger partial charge in [-0.2, -0.15) is 0 Å². The molecule has 3 rings (SSSR count). The number of nitrogens with one attached hydrogen (secondary N) is 2. The van der Waals surface area contributed by atoms with Crippen LogP contribution in [0.5, 0.6) is 0 Å². The zero-order chi connectivity index (χ0) is 16.6. The third-order valence-corrected chi connectivity index (χ3v) is 4.43. The molecule has 23 heavy (non-hydrogen) atoms. The summed E-state index contributed by atoms with van der Waals surface area (Å²) in [6.45, 7) is 6.98. The number of carbonyl (C=O) groups excluding carboxylic acids is 2. The molecular weight excluding hydrogens is 292 g/mol. The zero-order valence-corrected chi connectivity index (χ0v) is 13.7. The van der Waals surface area contributed by atoms with Gasteiger partial charge in [-0.05, 0) is 45.0 Å². The Morgan fingerprint density at radius 1 is 1.09 bits per heavy atom. The normalized spacial score (nSPS) is 20.6. The van der Waals surface area contributed by atoms with Gasteiger partial charge in [-0.1, -0.05) is 0 Å². The first-order valence-electron chi connectivity index (χ1n) is 7.80. The van der Waals surface area contributed by atoms with Gasteiger partial charge in [0.1, 0.15) is 11.4 Å². The van der Waals surface area contributed by atoms with E-state index in [1.54, 1.807) is 24.5 Å². The number of aromatic nitrogens is 2. The highest BCUT2D eigenvalue weighted by Crippen LogP contribution is 2.27. The third kappa shape index (κ3) is 2.76. The number of amides is 2. The number of aromatic amines is 2. The fraction of sp³-hybridized carbons (Fsp3) is 0.412. The van der Waals surface area contributed by atoms with E-state index in [2.05, 4.69) is 9.97 Å². The lowest BCUT2D eigenvalue weighted by Crippen LogP contribution is -2.65. The minimum atomic E-state index is -0.434. The summed E-state index contributed by atoms with van der Waals surface area (Å²) in [5.41, 5.74) is 0.725. The predicted molar refractivity (Wildman–Crippen MR) is 87.2 cm³/mol. The van der Waals surface area contributed by atoms with Gasteiger partial charge in [0.05, 0.1) is 5.54 Å². The lowest BCUT2D eigenvalue weighted by atomic mass is 9.95. The van der Waals surface area contributed by atoms with Gasteiger partial charge in [0.2, 0.25) is 0 Å². The van der Waals surface area contributed by atoms with Gasteiger partial charge < -0.3 is 19.8 Å². The minimum Gasteiger partial charge on any atom is -0.357 e. The average Bonchev–Trinajstić information content (AvgIpc) is 3.20. The first kappa shape index (κ1) is 15.4. The van der Waals surface area contributed by atoms with Crippen LogP contribution in [0.4, 0.5) is 0 Å². The van der Waals surface area contributed by atoms with Crippen molar-refractivity contribution in [1.82, 2.24) is 19.8 Å². The van der Waals surface area contributed by atoms with Crippen molar-refractivity contribution in [3.05, 3.63) is 48.0 Å². The largest absolute Gasteiger partial charge is 0.357 e. The molecule has 1 aliphatic heterocycles. The van der Waals surface area contributed by atoms with E-state index < -0.39 is 5.54 Å². The molecule has 1 unspecified atom stereocenters. The first-order valence-corrected chi connectivity index (χ1v) is 7.80. The van der Waals surface area contributed by atoms with Crippen molar-refractivity contribution < 1.29 is 9.59 Å². The Hall–Kier alpha value is -2.50. The van der Waals surface area contributed by atoms with Crippen molar-refractivity contribution in [1.29, 1.82) is 0 Å². The van der Waals surface area contributed by atoms with E-state index in [1.807, 2.05) is 42.7 Å². The average molecular weight is 314 g/mol. The van der Waals surface area contributed by atoms with Crippen LogP contribution in [0, 0.1) is 0 Å². The molecule has 0 aromatic carbocycles. The molecule has 6 nitrogen and oxygen atoms in total. The Kier molecular flexibility index (Phi) is 3.75. The van der Waals surface area contributed by atoms with Crippen molar-refractivity contribution >= 4 is 11.8 Å². The number of hydrogen-bond donors (Lipinski definition) is 2. The van der Waals surface area contributed by atoms with Crippen molar-refractivity contribution in [3.63, 3.8) is 0 Å². The second-order valence-corrected chi connectivity index (χ2v) is 6.68. The second-order valence-electron chi connectivity index (χ2n) is 6.68. The Morgan fingerprint density at radius 2 is 1.65 bits per heavy atom. The highest BCUT2D eigenvalue weighted by atomic mass is 16.2. The molecule has 6 heteroatoms. The zero-order valence-electron chi connectivity index (χ0n) is 13.7. The standard InChI is InChI=1S/C17H22N4O2/c1-12-10-21(16(23)14-7-5-9-19-14)17(2,3)11-20(12)15(22)13-6-4-8-18-13/h4-9,12,18-19H,10-11H2,1-3H3. The molecule has 0 spiro atoms. The molecular formula is C17H22N4O2. The molecule has 2 amide bonds. The van der Waals surface area contributed by atoms with Gasteiger partial charge in [-0.25, -0.2) is 0 Å². The quantitative estimate of drug-likeness (QED) is 0.891. The third-order valence-electron chi connectivity index (χ3n) is 4.43. The minimum absolute atomic E-state index is 0.0254. The van der Waals surface area contributed by atoms with Crippen LogP contribution in [-0.2, 0) is 0 Å². The van der Waals surface area contributed by atoms with Crippen molar-refractivity contribution in [3.8, 4) is 0 Å². The second kappa shape index (κ2) is 5.61. The van der Waals surface area contributed by atoms with Gasteiger partial charge in [-0.15, -0.1) is 0 Å². The lowest BCUT2D eigenvalue weighted by molar-refractivity contribution is -0.000990. The van der Waals surface area contributed by atoms with E-state index in [1.165, 1.54) is 0 Å². The highest BCUT2D eigenvalue weighted by molar-refractivity contribution is 5.95. The summed E-state index contributed by atoms with van der Waals surface area (Å²) in [4.78, 5) is 35.0. The molecule has 3 heterocycles. The molecule has 1 atom stereocenters. The van der Waals surface area contributed by atoms with Crippen LogP contribution in [0.25, 0.3) is 0 Å². The maximum atomic E-state index is 12.7. The van der Waals surface area contributed by atoms with Crippen molar-refractivity contribution in [2.75, 3.05) is 13.1 Å². The van der Waals surface area contributed by atoms with Gasteiger partial charge >= 0.3 is 0 Å². The van der Waals surface area contributed by atoms with Crippen molar-refractivity contribution in [2.45, 2.75) is 32.4 Å². The van der Waals surface area contributed by atoms with E-state index in [0.29, 0.717) is 24.5 Å². The van der Waals surface area contributed by atoms with Crippen LogP contribution < -0.4 is 0 Å².